The second kappa shape index (κ2) is 9.48. The molecule has 8 heteroatoms. The number of non-ortho nitro benzene ring substituents is 1. The number of hydrogen-bond donors (Lipinski definition) is 1. The van der Waals surface area contributed by atoms with E-state index in [2.05, 4.69) is 32.5 Å². The number of nitrogens with zero attached hydrogens (tertiary/aromatic N) is 3. The Labute approximate surface area is 175 Å². The molecule has 29 heavy (non-hydrogen) atoms. The zero-order valence-corrected chi connectivity index (χ0v) is 16.7. The Morgan fingerprint density at radius 2 is 1.93 bits per heavy atom. The Hall–Kier alpha value is -3.70. The van der Waals surface area contributed by atoms with Crippen LogP contribution >= 0.6 is 15.9 Å². The SMILES string of the molecule is N#Cc1ccccc1COc1ccc(/C=N\Nc2ccc([N+](=O)[O-])cc2)cc1Br. The topological polar surface area (TPSA) is 101 Å². The van der Waals surface area contributed by atoms with Crippen LogP contribution in [0.4, 0.5) is 11.4 Å². The zero-order valence-electron chi connectivity index (χ0n) is 15.1. The molecule has 144 valence electrons. The van der Waals surface area contributed by atoms with Crippen LogP contribution in [0.15, 0.2) is 76.3 Å². The van der Waals surface area contributed by atoms with E-state index in [1.165, 1.54) is 12.1 Å². The van der Waals surface area contributed by atoms with Crippen LogP contribution in [0.25, 0.3) is 0 Å². The summed E-state index contributed by atoms with van der Waals surface area (Å²) >= 11 is 3.48. The summed E-state index contributed by atoms with van der Waals surface area (Å²) < 4.78 is 6.57. The molecule has 0 fully saturated rings. The number of nitriles is 1. The highest BCUT2D eigenvalue weighted by atomic mass is 79.9. The molecule has 0 aliphatic heterocycles. The highest BCUT2D eigenvalue weighted by molar-refractivity contribution is 9.10. The number of hydrogen-bond acceptors (Lipinski definition) is 6. The summed E-state index contributed by atoms with van der Waals surface area (Å²) in [5.74, 6) is 0.651. The zero-order chi connectivity index (χ0) is 20.6. The van der Waals surface area contributed by atoms with Gasteiger partial charge in [0.25, 0.3) is 5.69 Å². The van der Waals surface area contributed by atoms with Gasteiger partial charge in [0.1, 0.15) is 12.4 Å². The number of nitrogens with one attached hydrogen (secondary N) is 1. The molecule has 0 saturated carbocycles. The van der Waals surface area contributed by atoms with Crippen molar-refractivity contribution in [1.82, 2.24) is 0 Å². The van der Waals surface area contributed by atoms with E-state index in [9.17, 15) is 10.1 Å². The third-order valence-electron chi connectivity index (χ3n) is 3.96. The summed E-state index contributed by atoms with van der Waals surface area (Å²) in [6.07, 6.45) is 1.63. The van der Waals surface area contributed by atoms with Crippen molar-refractivity contribution < 1.29 is 9.66 Å². The van der Waals surface area contributed by atoms with Gasteiger partial charge in [-0.2, -0.15) is 10.4 Å². The van der Waals surface area contributed by atoms with Crippen LogP contribution in [0.2, 0.25) is 0 Å². The third kappa shape index (κ3) is 5.40. The molecule has 0 radical (unpaired) electrons. The molecule has 0 aliphatic rings. The van der Waals surface area contributed by atoms with Crippen molar-refractivity contribution in [3.8, 4) is 11.8 Å². The van der Waals surface area contributed by atoms with Gasteiger partial charge >= 0.3 is 0 Å². The molecular weight excluding hydrogens is 436 g/mol. The molecule has 0 unspecified atom stereocenters. The van der Waals surface area contributed by atoms with Gasteiger partial charge in [0, 0.05) is 17.7 Å². The molecule has 0 aromatic heterocycles. The maximum Gasteiger partial charge on any atom is 0.269 e. The number of benzene rings is 3. The molecule has 0 saturated heterocycles. The molecule has 1 N–H and O–H groups in total. The molecule has 3 aromatic carbocycles. The van der Waals surface area contributed by atoms with E-state index < -0.39 is 4.92 Å². The molecule has 0 amide bonds. The predicted molar refractivity (Wildman–Crippen MR) is 114 cm³/mol. The Morgan fingerprint density at radius 3 is 2.62 bits per heavy atom. The lowest BCUT2D eigenvalue weighted by molar-refractivity contribution is -0.384. The van der Waals surface area contributed by atoms with Crippen molar-refractivity contribution >= 4 is 33.5 Å². The molecule has 0 aliphatic carbocycles. The van der Waals surface area contributed by atoms with Crippen LogP contribution in [0, 0.1) is 21.4 Å². The van der Waals surface area contributed by atoms with Crippen LogP contribution in [0.3, 0.4) is 0 Å². The van der Waals surface area contributed by atoms with Crippen molar-refractivity contribution in [2.24, 2.45) is 5.10 Å². The Balaban J connectivity index is 1.61. The molecule has 3 rings (SSSR count). The molecule has 0 bridgehead atoms. The molecular formula is C21H15BrN4O3. The maximum atomic E-state index is 10.7. The maximum absolute atomic E-state index is 10.7. The predicted octanol–water partition coefficient (Wildman–Crippen LogP) is 5.25. The minimum Gasteiger partial charge on any atom is -0.488 e. The van der Waals surface area contributed by atoms with E-state index in [0.29, 0.717) is 17.0 Å². The number of hydrazone groups is 1. The summed E-state index contributed by atoms with van der Waals surface area (Å²) in [7, 11) is 0. The molecule has 7 nitrogen and oxygen atoms in total. The van der Waals surface area contributed by atoms with Gasteiger partial charge in [0.2, 0.25) is 0 Å². The molecule has 3 aromatic rings. The molecule has 0 heterocycles. The normalized spacial score (nSPS) is 10.5. The van der Waals surface area contributed by atoms with E-state index in [-0.39, 0.29) is 12.3 Å². The lowest BCUT2D eigenvalue weighted by atomic mass is 10.1. The van der Waals surface area contributed by atoms with Crippen molar-refractivity contribution in [1.29, 1.82) is 5.26 Å². The first-order chi connectivity index (χ1) is 14.1. The third-order valence-corrected chi connectivity index (χ3v) is 4.58. The van der Waals surface area contributed by atoms with Gasteiger partial charge in [-0.25, -0.2) is 0 Å². The highest BCUT2D eigenvalue weighted by Crippen LogP contribution is 2.27. The Bertz CT molecular complexity index is 1090. The number of halogens is 1. The quantitative estimate of drug-likeness (QED) is 0.300. The van der Waals surface area contributed by atoms with Crippen LogP contribution in [-0.4, -0.2) is 11.1 Å². The van der Waals surface area contributed by atoms with Crippen LogP contribution in [0.5, 0.6) is 5.75 Å². The van der Waals surface area contributed by atoms with Gasteiger partial charge in [0.05, 0.1) is 32.9 Å². The van der Waals surface area contributed by atoms with Gasteiger partial charge in [-0.15, -0.1) is 0 Å². The summed E-state index contributed by atoms with van der Waals surface area (Å²) in [6.45, 7) is 0.289. The van der Waals surface area contributed by atoms with Crippen molar-refractivity contribution in [3.63, 3.8) is 0 Å². The minimum absolute atomic E-state index is 0.0245. The fraction of sp³-hybridized carbons (Fsp3) is 0.0476. The first kappa shape index (κ1) is 20.0. The first-order valence-electron chi connectivity index (χ1n) is 8.50. The van der Waals surface area contributed by atoms with Crippen molar-refractivity contribution in [3.05, 3.63) is 98.0 Å². The van der Waals surface area contributed by atoms with Gasteiger partial charge < -0.3 is 4.74 Å². The Kier molecular flexibility index (Phi) is 6.55. The lowest BCUT2D eigenvalue weighted by Gasteiger charge is -2.10. The molecule has 0 spiro atoms. The monoisotopic (exact) mass is 450 g/mol. The van der Waals surface area contributed by atoms with Crippen LogP contribution in [0.1, 0.15) is 16.7 Å². The number of ether oxygens (including phenoxy) is 1. The van der Waals surface area contributed by atoms with Crippen molar-refractivity contribution in [2.75, 3.05) is 5.43 Å². The van der Waals surface area contributed by atoms with Gasteiger partial charge in [-0.1, -0.05) is 18.2 Å². The fourth-order valence-electron chi connectivity index (χ4n) is 2.46. The second-order valence-electron chi connectivity index (χ2n) is 5.92. The van der Waals surface area contributed by atoms with Gasteiger partial charge in [0.15, 0.2) is 0 Å². The highest BCUT2D eigenvalue weighted by Gasteiger charge is 2.06. The van der Waals surface area contributed by atoms with E-state index in [1.807, 2.05) is 36.4 Å². The smallest absolute Gasteiger partial charge is 0.269 e. The summed E-state index contributed by atoms with van der Waals surface area (Å²) in [4.78, 5) is 10.2. The van der Waals surface area contributed by atoms with Gasteiger partial charge in [-0.05, 0) is 57.9 Å². The number of nitro groups is 1. The molecule has 0 atom stereocenters. The van der Waals surface area contributed by atoms with Gasteiger partial charge in [-0.3, -0.25) is 15.5 Å². The first-order valence-corrected chi connectivity index (χ1v) is 9.30. The van der Waals surface area contributed by atoms with Crippen LogP contribution < -0.4 is 10.2 Å². The number of anilines is 1. The summed E-state index contributed by atoms with van der Waals surface area (Å²) in [5.41, 5.74) is 5.72. The van der Waals surface area contributed by atoms with E-state index in [0.717, 1.165) is 15.6 Å². The average molecular weight is 451 g/mol. The van der Waals surface area contributed by atoms with Crippen molar-refractivity contribution in [2.45, 2.75) is 6.61 Å². The average Bonchev–Trinajstić information content (AvgIpc) is 2.73. The van der Waals surface area contributed by atoms with Crippen LogP contribution in [-0.2, 0) is 6.61 Å². The second-order valence-corrected chi connectivity index (χ2v) is 6.78. The summed E-state index contributed by atoms with van der Waals surface area (Å²) in [6, 6.07) is 20.9. The van der Waals surface area contributed by atoms with E-state index in [1.54, 1.807) is 24.4 Å². The number of rotatable bonds is 7. The minimum atomic E-state index is -0.451. The standard InChI is InChI=1S/C21H15BrN4O3/c22-20-11-15(13-24-25-18-6-8-19(9-7-18)26(27)28)5-10-21(20)29-14-17-4-2-1-3-16(17)12-23/h1-11,13,25H,14H2/b24-13-. The number of nitro benzene ring substituents is 1. The van der Waals surface area contributed by atoms with E-state index >= 15 is 0 Å². The Morgan fingerprint density at radius 1 is 1.17 bits per heavy atom. The fourth-order valence-corrected chi connectivity index (χ4v) is 2.98. The summed E-state index contributed by atoms with van der Waals surface area (Å²) in [5, 5.41) is 23.9. The van der Waals surface area contributed by atoms with E-state index in [4.69, 9.17) is 10.00 Å². The largest absolute Gasteiger partial charge is 0.488 e. The lowest BCUT2D eigenvalue weighted by Crippen LogP contribution is -1.99.